The van der Waals surface area contributed by atoms with E-state index in [2.05, 4.69) is 25.6 Å². The molecule has 90 valence electrons. The number of carbonyl (C=O) groups excluding carboxylic acids is 1. The molecule has 17 heavy (non-hydrogen) atoms. The lowest BCUT2D eigenvalue weighted by molar-refractivity contribution is 0.0948. The number of nitrogens with one attached hydrogen (secondary N) is 2. The van der Waals surface area contributed by atoms with Crippen molar-refractivity contribution >= 4 is 5.91 Å². The van der Waals surface area contributed by atoms with Gasteiger partial charge in [0.25, 0.3) is 5.91 Å². The van der Waals surface area contributed by atoms with Crippen LogP contribution >= 0.6 is 0 Å². The summed E-state index contributed by atoms with van der Waals surface area (Å²) in [6.07, 6.45) is 2.07. The lowest BCUT2D eigenvalue weighted by Crippen LogP contribution is -2.26. The Kier molecular flexibility index (Phi) is 3.17. The first-order valence-corrected chi connectivity index (χ1v) is 5.30. The van der Waals surface area contributed by atoms with Crippen molar-refractivity contribution in [1.29, 1.82) is 0 Å². The highest BCUT2D eigenvalue weighted by Gasteiger charge is 2.10. The van der Waals surface area contributed by atoms with Crippen LogP contribution in [0.4, 0.5) is 0 Å². The number of aromatic amines is 1. The third kappa shape index (κ3) is 2.68. The quantitative estimate of drug-likeness (QED) is 0.768. The minimum absolute atomic E-state index is 0.173. The van der Waals surface area contributed by atoms with Gasteiger partial charge in [0.05, 0.1) is 0 Å². The number of hydrogen-bond donors (Lipinski definition) is 2. The van der Waals surface area contributed by atoms with Crippen LogP contribution in [0, 0.1) is 6.92 Å². The first kappa shape index (κ1) is 11.3. The Labute approximate surface area is 98.2 Å². The van der Waals surface area contributed by atoms with Gasteiger partial charge in [0.2, 0.25) is 0 Å². The normalized spacial score (nSPS) is 10.5. The van der Waals surface area contributed by atoms with Gasteiger partial charge >= 0.3 is 0 Å². The van der Waals surface area contributed by atoms with Crippen molar-refractivity contribution in [1.82, 2.24) is 30.3 Å². The molecule has 0 aliphatic rings. The Hall–Kier alpha value is -2.18. The molecule has 0 radical (unpaired) electrons. The van der Waals surface area contributed by atoms with Gasteiger partial charge in [-0.25, -0.2) is 4.98 Å². The molecule has 0 atom stereocenters. The number of carbonyl (C=O) groups is 1. The average molecular weight is 234 g/mol. The lowest BCUT2D eigenvalue weighted by Gasteiger charge is -2.00. The maximum Gasteiger partial charge on any atom is 0.271 e. The van der Waals surface area contributed by atoms with Crippen molar-refractivity contribution in [2.45, 2.75) is 13.3 Å². The number of H-pyrrole nitrogens is 1. The Morgan fingerprint density at radius 1 is 1.59 bits per heavy atom. The zero-order chi connectivity index (χ0) is 12.3. The van der Waals surface area contributed by atoms with Crippen molar-refractivity contribution in [3.8, 4) is 0 Å². The molecule has 0 unspecified atom stereocenters. The molecular formula is C10H14N6O. The molecule has 0 saturated carbocycles. The summed E-state index contributed by atoms with van der Waals surface area (Å²) >= 11 is 0. The second-order valence-electron chi connectivity index (χ2n) is 3.73. The fraction of sp³-hybridized carbons (Fsp3) is 0.400. The van der Waals surface area contributed by atoms with E-state index in [1.165, 1.54) is 6.33 Å². The first-order valence-electron chi connectivity index (χ1n) is 5.30. The Morgan fingerprint density at radius 3 is 3.00 bits per heavy atom. The Morgan fingerprint density at radius 2 is 2.41 bits per heavy atom. The molecule has 1 amide bonds. The highest BCUT2D eigenvalue weighted by molar-refractivity contribution is 5.92. The summed E-state index contributed by atoms with van der Waals surface area (Å²) < 4.78 is 1.67. The minimum atomic E-state index is -0.173. The van der Waals surface area contributed by atoms with Crippen LogP contribution in [0.1, 0.15) is 22.0 Å². The van der Waals surface area contributed by atoms with Gasteiger partial charge in [-0.3, -0.25) is 14.6 Å². The van der Waals surface area contributed by atoms with Crippen LogP contribution in [0.3, 0.4) is 0 Å². The number of aromatic nitrogens is 5. The smallest absolute Gasteiger partial charge is 0.271 e. The summed E-state index contributed by atoms with van der Waals surface area (Å²) in [5, 5.41) is 13.3. The SMILES string of the molecule is Cc1cc(C(=O)NCCc2ncn[nH]2)nn1C. The highest BCUT2D eigenvalue weighted by Crippen LogP contribution is 2.00. The predicted octanol–water partition coefficient (Wildman–Crippen LogP) is -0.181. The lowest BCUT2D eigenvalue weighted by atomic mass is 10.3. The van der Waals surface area contributed by atoms with Gasteiger partial charge < -0.3 is 5.32 Å². The van der Waals surface area contributed by atoms with Gasteiger partial charge in [-0.15, -0.1) is 0 Å². The summed E-state index contributed by atoms with van der Waals surface area (Å²) in [5.74, 6) is 0.579. The molecule has 2 heterocycles. The van der Waals surface area contributed by atoms with E-state index >= 15 is 0 Å². The van der Waals surface area contributed by atoms with Gasteiger partial charge in [0, 0.05) is 25.7 Å². The third-order valence-corrected chi connectivity index (χ3v) is 2.46. The highest BCUT2D eigenvalue weighted by atomic mass is 16.1. The summed E-state index contributed by atoms with van der Waals surface area (Å²) in [5.41, 5.74) is 1.38. The molecule has 2 N–H and O–H groups in total. The molecule has 0 bridgehead atoms. The van der Waals surface area contributed by atoms with E-state index in [9.17, 15) is 4.79 Å². The van der Waals surface area contributed by atoms with E-state index in [1.54, 1.807) is 17.8 Å². The number of rotatable bonds is 4. The van der Waals surface area contributed by atoms with Crippen LogP contribution in [0.15, 0.2) is 12.4 Å². The standard InChI is InChI=1S/C10H14N6O/c1-7-5-8(15-16(7)2)10(17)11-4-3-9-12-6-13-14-9/h5-6H,3-4H2,1-2H3,(H,11,17)(H,12,13,14). The van der Waals surface area contributed by atoms with Crippen LogP contribution < -0.4 is 5.32 Å². The van der Waals surface area contributed by atoms with E-state index < -0.39 is 0 Å². The zero-order valence-electron chi connectivity index (χ0n) is 9.77. The molecule has 7 nitrogen and oxygen atoms in total. The summed E-state index contributed by atoms with van der Waals surface area (Å²) in [4.78, 5) is 15.7. The molecule has 2 aromatic rings. The van der Waals surface area contributed by atoms with Crippen molar-refractivity contribution in [2.75, 3.05) is 6.54 Å². The molecule has 0 aromatic carbocycles. The molecule has 0 saturated heterocycles. The monoisotopic (exact) mass is 234 g/mol. The van der Waals surface area contributed by atoms with Crippen LogP contribution in [-0.4, -0.2) is 37.4 Å². The van der Waals surface area contributed by atoms with E-state index in [4.69, 9.17) is 0 Å². The third-order valence-electron chi connectivity index (χ3n) is 2.46. The Bertz CT molecular complexity index is 481. The average Bonchev–Trinajstić information content (AvgIpc) is 2.90. The fourth-order valence-electron chi connectivity index (χ4n) is 1.41. The molecule has 2 aromatic heterocycles. The topological polar surface area (TPSA) is 88.5 Å². The molecule has 0 spiro atoms. The van der Waals surface area contributed by atoms with Crippen LogP contribution in [0.5, 0.6) is 0 Å². The van der Waals surface area contributed by atoms with Crippen molar-refractivity contribution in [3.05, 3.63) is 29.6 Å². The van der Waals surface area contributed by atoms with Gasteiger partial charge in [0.15, 0.2) is 0 Å². The molecule has 0 aliphatic heterocycles. The first-order chi connectivity index (χ1) is 8.16. The molecule has 7 heteroatoms. The maximum absolute atomic E-state index is 11.7. The van der Waals surface area contributed by atoms with Crippen molar-refractivity contribution in [2.24, 2.45) is 7.05 Å². The molecule has 2 rings (SSSR count). The van der Waals surface area contributed by atoms with Crippen LogP contribution in [0.2, 0.25) is 0 Å². The van der Waals surface area contributed by atoms with E-state index in [0.717, 1.165) is 11.5 Å². The second kappa shape index (κ2) is 4.77. The summed E-state index contributed by atoms with van der Waals surface area (Å²) in [6, 6.07) is 1.75. The van der Waals surface area contributed by atoms with E-state index in [-0.39, 0.29) is 5.91 Å². The Balaban J connectivity index is 1.85. The van der Waals surface area contributed by atoms with Crippen LogP contribution in [-0.2, 0) is 13.5 Å². The van der Waals surface area contributed by atoms with Crippen molar-refractivity contribution < 1.29 is 4.79 Å². The summed E-state index contributed by atoms with van der Waals surface area (Å²) in [6.45, 7) is 2.40. The van der Waals surface area contributed by atoms with Gasteiger partial charge in [-0.1, -0.05) is 0 Å². The predicted molar refractivity (Wildman–Crippen MR) is 60.4 cm³/mol. The number of nitrogens with zero attached hydrogens (tertiary/aromatic N) is 4. The fourth-order valence-corrected chi connectivity index (χ4v) is 1.41. The second-order valence-corrected chi connectivity index (χ2v) is 3.73. The molecule has 0 fully saturated rings. The largest absolute Gasteiger partial charge is 0.350 e. The minimum Gasteiger partial charge on any atom is -0.350 e. The van der Waals surface area contributed by atoms with E-state index in [0.29, 0.717) is 18.7 Å². The molecule has 0 aliphatic carbocycles. The van der Waals surface area contributed by atoms with Gasteiger partial charge in [0.1, 0.15) is 17.8 Å². The maximum atomic E-state index is 11.7. The van der Waals surface area contributed by atoms with Gasteiger partial charge in [-0.05, 0) is 13.0 Å². The number of aryl methyl sites for hydroxylation is 2. The van der Waals surface area contributed by atoms with E-state index in [1.807, 2.05) is 6.92 Å². The van der Waals surface area contributed by atoms with Crippen LogP contribution in [0.25, 0.3) is 0 Å². The van der Waals surface area contributed by atoms with Crippen molar-refractivity contribution in [3.63, 3.8) is 0 Å². The molecular weight excluding hydrogens is 220 g/mol. The van der Waals surface area contributed by atoms with Gasteiger partial charge in [-0.2, -0.15) is 10.2 Å². The zero-order valence-corrected chi connectivity index (χ0v) is 9.77. The number of hydrogen-bond acceptors (Lipinski definition) is 4. The summed E-state index contributed by atoms with van der Waals surface area (Å²) in [7, 11) is 1.81. The number of amides is 1.